The molecule has 5 rings (SSSR count). The third-order valence-electron chi connectivity index (χ3n) is 7.48. The fourth-order valence-corrected chi connectivity index (χ4v) is 6.59. The predicted molar refractivity (Wildman–Crippen MR) is 153 cm³/mol. The summed E-state index contributed by atoms with van der Waals surface area (Å²) in [7, 11) is -0.238. The lowest BCUT2D eigenvalue weighted by molar-refractivity contribution is 0.0254. The molecule has 3 aromatic rings. The van der Waals surface area contributed by atoms with Crippen molar-refractivity contribution in [1.82, 2.24) is 19.6 Å². The van der Waals surface area contributed by atoms with Crippen LogP contribution in [0.4, 0.5) is 0 Å². The number of hydrogen-bond donors (Lipinski definition) is 1. The number of ether oxygens (including phenoxy) is 3. The summed E-state index contributed by atoms with van der Waals surface area (Å²) in [6.45, 7) is 3.03. The van der Waals surface area contributed by atoms with E-state index in [-0.39, 0.29) is 22.8 Å². The quantitative estimate of drug-likeness (QED) is 0.406. The van der Waals surface area contributed by atoms with Gasteiger partial charge in [-0.15, -0.1) is 0 Å². The summed E-state index contributed by atoms with van der Waals surface area (Å²) in [5.74, 6) is 1.40. The van der Waals surface area contributed by atoms with Crippen LogP contribution in [0, 0.1) is 11.3 Å². The molecule has 1 aromatic heterocycles. The normalized spacial score (nSPS) is 17.2. The first-order chi connectivity index (χ1) is 19.8. The minimum Gasteiger partial charge on any atom is -0.495 e. The van der Waals surface area contributed by atoms with Gasteiger partial charge in [-0.05, 0) is 74.9 Å². The van der Waals surface area contributed by atoms with Crippen molar-refractivity contribution in [3.05, 3.63) is 65.6 Å². The Hall–Kier alpha value is -3.56. The predicted octanol–water partition coefficient (Wildman–Crippen LogP) is 3.54. The van der Waals surface area contributed by atoms with Crippen LogP contribution in [0.1, 0.15) is 42.6 Å². The number of likely N-dealkylation sites (tertiary alicyclic amines) is 1. The summed E-state index contributed by atoms with van der Waals surface area (Å²) in [6.07, 6.45) is 5.23. The summed E-state index contributed by atoms with van der Waals surface area (Å²) in [6, 6.07) is 14.5. The maximum absolute atomic E-state index is 13.2. The number of rotatable bonds is 9. The van der Waals surface area contributed by atoms with Crippen LogP contribution in [0.25, 0.3) is 11.3 Å². The maximum Gasteiger partial charge on any atom is 0.244 e. The van der Waals surface area contributed by atoms with Crippen LogP contribution >= 0.6 is 0 Å². The van der Waals surface area contributed by atoms with Gasteiger partial charge in [-0.25, -0.2) is 23.1 Å². The van der Waals surface area contributed by atoms with Crippen molar-refractivity contribution < 1.29 is 22.6 Å². The molecule has 0 unspecified atom stereocenters. The van der Waals surface area contributed by atoms with E-state index in [1.807, 2.05) is 19.2 Å². The summed E-state index contributed by atoms with van der Waals surface area (Å²) in [4.78, 5) is 11.4. The lowest BCUT2D eigenvalue weighted by atomic mass is 10.1. The topological polar surface area (TPSA) is 127 Å². The molecule has 3 heterocycles. The zero-order valence-corrected chi connectivity index (χ0v) is 24.2. The molecular formula is C30H35N5O5S. The van der Waals surface area contributed by atoms with Crippen molar-refractivity contribution in [2.45, 2.75) is 49.1 Å². The minimum atomic E-state index is -3.74. The standard InChI is InChI=1S/C30H35N5O5S/c1-35-13-8-24(9-14-35)34-41(36,37)29-6-3-21(17-28(29)38-2)18-30-32-12-7-26(33-30)22-4-5-27(23(19-22)20-31)40-25-10-15-39-16-11-25/h3-7,12,17,19,24-25,34H,8-11,13-16,18H2,1-2H3. The van der Waals surface area contributed by atoms with Crippen molar-refractivity contribution in [3.63, 3.8) is 0 Å². The fraction of sp³-hybridized carbons (Fsp3) is 0.433. The number of nitriles is 1. The van der Waals surface area contributed by atoms with Gasteiger partial charge >= 0.3 is 0 Å². The number of piperidine rings is 1. The molecule has 2 saturated heterocycles. The number of nitrogens with zero attached hydrogens (tertiary/aromatic N) is 4. The van der Waals surface area contributed by atoms with Gasteiger partial charge in [0, 0.05) is 37.1 Å². The van der Waals surface area contributed by atoms with Crippen LogP contribution < -0.4 is 14.2 Å². The Morgan fingerprint density at radius 2 is 1.85 bits per heavy atom. The molecule has 2 aliphatic heterocycles. The fourth-order valence-electron chi connectivity index (χ4n) is 5.13. The third-order valence-corrected chi connectivity index (χ3v) is 9.04. The Kier molecular flexibility index (Phi) is 9.15. The van der Waals surface area contributed by atoms with Crippen LogP contribution in [0.2, 0.25) is 0 Å². The van der Waals surface area contributed by atoms with E-state index in [2.05, 4.69) is 20.7 Å². The highest BCUT2D eigenvalue weighted by molar-refractivity contribution is 7.89. The van der Waals surface area contributed by atoms with Crippen molar-refractivity contribution in [3.8, 4) is 28.8 Å². The van der Waals surface area contributed by atoms with Gasteiger partial charge in [0.2, 0.25) is 10.0 Å². The van der Waals surface area contributed by atoms with Crippen LogP contribution in [0.5, 0.6) is 11.5 Å². The van der Waals surface area contributed by atoms with Gasteiger partial charge in [0.25, 0.3) is 0 Å². The molecule has 0 saturated carbocycles. The molecule has 0 aliphatic carbocycles. The second kappa shape index (κ2) is 13.0. The largest absolute Gasteiger partial charge is 0.495 e. The summed E-state index contributed by atoms with van der Waals surface area (Å²) in [5, 5.41) is 9.75. The monoisotopic (exact) mass is 577 g/mol. The summed E-state index contributed by atoms with van der Waals surface area (Å²) < 4.78 is 46.1. The maximum atomic E-state index is 13.2. The van der Waals surface area contributed by atoms with Gasteiger partial charge in [0.05, 0.1) is 31.6 Å². The van der Waals surface area contributed by atoms with Gasteiger partial charge in [-0.1, -0.05) is 6.07 Å². The molecule has 0 bridgehead atoms. The second-order valence-electron chi connectivity index (χ2n) is 10.5. The van der Waals surface area contributed by atoms with E-state index in [1.165, 1.54) is 7.11 Å². The van der Waals surface area contributed by atoms with Gasteiger partial charge < -0.3 is 19.1 Å². The van der Waals surface area contributed by atoms with E-state index < -0.39 is 10.0 Å². The Morgan fingerprint density at radius 1 is 1.07 bits per heavy atom. The van der Waals surface area contributed by atoms with E-state index in [4.69, 9.17) is 19.2 Å². The number of benzene rings is 2. The number of nitrogens with one attached hydrogen (secondary N) is 1. The van der Waals surface area contributed by atoms with Gasteiger partial charge in [0.1, 0.15) is 34.4 Å². The molecule has 1 N–H and O–H groups in total. The average Bonchev–Trinajstić information content (AvgIpc) is 2.99. The first-order valence-corrected chi connectivity index (χ1v) is 15.3. The van der Waals surface area contributed by atoms with Crippen LogP contribution in [-0.4, -0.2) is 75.9 Å². The first kappa shape index (κ1) is 29.0. The molecule has 0 amide bonds. The molecule has 0 radical (unpaired) electrons. The van der Waals surface area contributed by atoms with E-state index in [0.717, 1.165) is 49.9 Å². The molecule has 0 atom stereocenters. The summed E-state index contributed by atoms with van der Waals surface area (Å²) >= 11 is 0. The van der Waals surface area contributed by atoms with Crippen LogP contribution in [0.3, 0.4) is 0 Å². The van der Waals surface area contributed by atoms with Crippen molar-refractivity contribution in [2.75, 3.05) is 40.5 Å². The SMILES string of the molecule is COc1cc(Cc2nccc(-c3ccc(OC4CCOCC4)c(C#N)c3)n2)ccc1S(=O)(=O)NC1CCN(C)CC1. The molecule has 0 spiro atoms. The second-order valence-corrected chi connectivity index (χ2v) is 12.2. The van der Waals surface area contributed by atoms with Crippen molar-refractivity contribution in [2.24, 2.45) is 0 Å². The number of methoxy groups -OCH3 is 1. The van der Waals surface area contributed by atoms with E-state index in [1.54, 1.807) is 36.5 Å². The van der Waals surface area contributed by atoms with E-state index in [0.29, 0.717) is 42.5 Å². The van der Waals surface area contributed by atoms with Gasteiger partial charge in [0.15, 0.2) is 0 Å². The van der Waals surface area contributed by atoms with E-state index in [9.17, 15) is 13.7 Å². The number of sulfonamides is 1. The molecular weight excluding hydrogens is 542 g/mol. The molecule has 216 valence electrons. The molecule has 11 heteroatoms. The van der Waals surface area contributed by atoms with Gasteiger partial charge in [-0.2, -0.15) is 5.26 Å². The molecule has 41 heavy (non-hydrogen) atoms. The number of hydrogen-bond acceptors (Lipinski definition) is 9. The smallest absolute Gasteiger partial charge is 0.244 e. The number of aromatic nitrogens is 2. The zero-order valence-electron chi connectivity index (χ0n) is 23.4. The lowest BCUT2D eigenvalue weighted by Crippen LogP contribution is -2.43. The Labute approximate surface area is 241 Å². The highest BCUT2D eigenvalue weighted by Crippen LogP contribution is 2.29. The lowest BCUT2D eigenvalue weighted by Gasteiger charge is -2.29. The Balaban J connectivity index is 1.31. The molecule has 2 fully saturated rings. The molecule has 2 aliphatic rings. The summed E-state index contributed by atoms with van der Waals surface area (Å²) in [5.41, 5.74) is 2.72. The minimum absolute atomic E-state index is 0.0378. The Morgan fingerprint density at radius 3 is 2.59 bits per heavy atom. The van der Waals surface area contributed by atoms with Crippen molar-refractivity contribution in [1.29, 1.82) is 5.26 Å². The highest BCUT2D eigenvalue weighted by atomic mass is 32.2. The van der Waals surface area contributed by atoms with Crippen molar-refractivity contribution >= 4 is 10.0 Å². The zero-order chi connectivity index (χ0) is 28.8. The molecule has 2 aromatic carbocycles. The van der Waals surface area contributed by atoms with Crippen LogP contribution in [-0.2, 0) is 21.2 Å². The van der Waals surface area contributed by atoms with E-state index >= 15 is 0 Å². The average molecular weight is 578 g/mol. The highest BCUT2D eigenvalue weighted by Gasteiger charge is 2.26. The third kappa shape index (κ3) is 7.21. The Bertz CT molecular complexity index is 1510. The molecule has 10 nitrogen and oxygen atoms in total. The van der Waals surface area contributed by atoms with Gasteiger partial charge in [-0.3, -0.25) is 0 Å². The first-order valence-electron chi connectivity index (χ1n) is 13.8. The van der Waals surface area contributed by atoms with Crippen LogP contribution in [0.15, 0.2) is 53.6 Å².